The normalized spacial score (nSPS) is 10.5. The van der Waals surface area contributed by atoms with Gasteiger partial charge in [0.15, 0.2) is 0 Å². The number of rotatable bonds is 2. The summed E-state index contributed by atoms with van der Waals surface area (Å²) in [5, 5.41) is 1.42. The molecule has 0 atom stereocenters. The molecule has 0 radical (unpaired) electrons. The molecule has 1 heterocycles. The zero-order valence-electron chi connectivity index (χ0n) is 10.6. The van der Waals surface area contributed by atoms with Gasteiger partial charge in [0.05, 0.1) is 5.69 Å². The van der Waals surface area contributed by atoms with Gasteiger partial charge in [0.1, 0.15) is 0 Å². The van der Waals surface area contributed by atoms with E-state index in [1.54, 1.807) is 0 Å². The zero-order valence-corrected chi connectivity index (χ0v) is 12.1. The van der Waals surface area contributed by atoms with E-state index >= 15 is 0 Å². The van der Waals surface area contributed by atoms with Crippen molar-refractivity contribution in [2.45, 2.75) is 0 Å². The molecule has 2 aromatic carbocycles. The van der Waals surface area contributed by atoms with Crippen LogP contribution in [0.5, 0.6) is 0 Å². The quantitative estimate of drug-likeness (QED) is 0.589. The van der Waals surface area contributed by atoms with Crippen LogP contribution in [0.15, 0.2) is 66.9 Å². The smallest absolute Gasteiger partial charge is 0.0717 e. The van der Waals surface area contributed by atoms with Crippen LogP contribution in [0.2, 0.25) is 10.0 Å². The summed E-state index contributed by atoms with van der Waals surface area (Å²) in [6.07, 6.45) is 1.82. The van der Waals surface area contributed by atoms with Crippen molar-refractivity contribution in [2.75, 3.05) is 0 Å². The van der Waals surface area contributed by atoms with Crippen molar-refractivity contribution in [3.8, 4) is 22.4 Å². The highest BCUT2D eigenvalue weighted by atomic mass is 35.5. The first-order chi connectivity index (χ1) is 9.75. The minimum Gasteiger partial charge on any atom is -0.256 e. The Bertz CT molecular complexity index is 671. The fourth-order valence-corrected chi connectivity index (χ4v) is 2.55. The van der Waals surface area contributed by atoms with E-state index in [4.69, 9.17) is 23.2 Å². The van der Waals surface area contributed by atoms with Gasteiger partial charge in [-0.25, -0.2) is 0 Å². The molecule has 0 aliphatic rings. The van der Waals surface area contributed by atoms with Crippen LogP contribution in [0.1, 0.15) is 0 Å². The summed E-state index contributed by atoms with van der Waals surface area (Å²) in [6, 6.07) is 19.4. The van der Waals surface area contributed by atoms with Gasteiger partial charge in [0.25, 0.3) is 0 Å². The molecule has 0 amide bonds. The third kappa shape index (κ3) is 2.55. The van der Waals surface area contributed by atoms with Crippen LogP contribution in [0.4, 0.5) is 0 Å². The molecule has 0 aliphatic heterocycles. The average Bonchev–Trinajstić information content (AvgIpc) is 2.49. The number of hydrogen-bond donors (Lipinski definition) is 0. The summed E-state index contributed by atoms with van der Waals surface area (Å²) < 4.78 is 0. The van der Waals surface area contributed by atoms with Crippen molar-refractivity contribution in [1.29, 1.82) is 0 Å². The van der Waals surface area contributed by atoms with Crippen LogP contribution in [0.3, 0.4) is 0 Å². The molecule has 1 aromatic heterocycles. The molecule has 0 N–H and O–H groups in total. The van der Waals surface area contributed by atoms with Crippen molar-refractivity contribution >= 4 is 23.2 Å². The van der Waals surface area contributed by atoms with Gasteiger partial charge in [0.2, 0.25) is 0 Å². The predicted octanol–water partition coefficient (Wildman–Crippen LogP) is 5.72. The Labute approximate surface area is 127 Å². The molecule has 0 unspecified atom stereocenters. The maximum Gasteiger partial charge on any atom is 0.0717 e. The molecule has 0 spiro atoms. The Balaban J connectivity index is 2.01. The Kier molecular flexibility index (Phi) is 3.72. The highest BCUT2D eigenvalue weighted by Crippen LogP contribution is 2.30. The molecule has 0 saturated carbocycles. The van der Waals surface area contributed by atoms with Gasteiger partial charge in [0, 0.05) is 32.9 Å². The summed E-state index contributed by atoms with van der Waals surface area (Å²) >= 11 is 12.4. The van der Waals surface area contributed by atoms with Gasteiger partial charge in [-0.05, 0) is 18.2 Å². The highest BCUT2D eigenvalue weighted by Gasteiger charge is 2.06. The lowest BCUT2D eigenvalue weighted by atomic mass is 10.1. The molecule has 3 aromatic rings. The van der Waals surface area contributed by atoms with E-state index in [1.165, 1.54) is 0 Å². The van der Waals surface area contributed by atoms with E-state index in [2.05, 4.69) is 4.98 Å². The fourth-order valence-electron chi connectivity index (χ4n) is 2.08. The van der Waals surface area contributed by atoms with Crippen LogP contribution < -0.4 is 0 Å². The summed E-state index contributed by atoms with van der Waals surface area (Å²) in [5.74, 6) is 0. The van der Waals surface area contributed by atoms with Gasteiger partial charge >= 0.3 is 0 Å². The molecule has 98 valence electrons. The molecule has 0 bridgehead atoms. The molecule has 0 fully saturated rings. The minimum absolute atomic E-state index is 0.700. The van der Waals surface area contributed by atoms with Crippen molar-refractivity contribution in [3.63, 3.8) is 0 Å². The second kappa shape index (κ2) is 5.66. The summed E-state index contributed by atoms with van der Waals surface area (Å²) in [4.78, 5) is 4.48. The number of nitrogens with zero attached hydrogens (tertiary/aromatic N) is 1. The number of benzene rings is 2. The maximum absolute atomic E-state index is 6.19. The highest BCUT2D eigenvalue weighted by molar-refractivity contribution is 6.33. The predicted molar refractivity (Wildman–Crippen MR) is 85.1 cm³/mol. The lowest BCUT2D eigenvalue weighted by Gasteiger charge is -2.06. The van der Waals surface area contributed by atoms with Crippen LogP contribution in [-0.4, -0.2) is 4.98 Å². The van der Waals surface area contributed by atoms with Crippen molar-refractivity contribution in [1.82, 2.24) is 4.98 Å². The molecule has 3 rings (SSSR count). The lowest BCUT2D eigenvalue weighted by molar-refractivity contribution is 1.32. The Morgan fingerprint density at radius 2 is 1.25 bits per heavy atom. The van der Waals surface area contributed by atoms with Gasteiger partial charge in [-0.15, -0.1) is 0 Å². The maximum atomic E-state index is 6.19. The largest absolute Gasteiger partial charge is 0.256 e. The standard InChI is InChI=1S/C17H11Cl2N/c18-15-7-3-1-5-13(15)12-9-10-17(20-11-12)14-6-2-4-8-16(14)19/h1-11H. The number of aromatic nitrogens is 1. The van der Waals surface area contributed by atoms with Gasteiger partial charge < -0.3 is 0 Å². The van der Waals surface area contributed by atoms with Gasteiger partial charge in [-0.1, -0.05) is 65.7 Å². The van der Waals surface area contributed by atoms with E-state index in [0.29, 0.717) is 5.02 Å². The Morgan fingerprint density at radius 3 is 1.80 bits per heavy atom. The fraction of sp³-hybridized carbons (Fsp3) is 0. The molecular formula is C17H11Cl2N. The number of pyridine rings is 1. The van der Waals surface area contributed by atoms with Crippen LogP contribution in [-0.2, 0) is 0 Å². The first kappa shape index (κ1) is 13.2. The van der Waals surface area contributed by atoms with Crippen molar-refractivity contribution in [3.05, 3.63) is 76.9 Å². The van der Waals surface area contributed by atoms with Crippen LogP contribution in [0, 0.1) is 0 Å². The first-order valence-electron chi connectivity index (χ1n) is 6.21. The van der Waals surface area contributed by atoms with E-state index < -0.39 is 0 Å². The topological polar surface area (TPSA) is 12.9 Å². The monoisotopic (exact) mass is 299 g/mol. The van der Waals surface area contributed by atoms with E-state index in [0.717, 1.165) is 27.4 Å². The van der Waals surface area contributed by atoms with Crippen molar-refractivity contribution in [2.24, 2.45) is 0 Å². The van der Waals surface area contributed by atoms with Crippen molar-refractivity contribution < 1.29 is 0 Å². The number of hydrogen-bond acceptors (Lipinski definition) is 1. The first-order valence-corrected chi connectivity index (χ1v) is 6.97. The van der Waals surface area contributed by atoms with Gasteiger partial charge in [-0.2, -0.15) is 0 Å². The molecule has 3 heteroatoms. The summed E-state index contributed by atoms with van der Waals surface area (Å²) in [6.45, 7) is 0. The molecule has 0 aliphatic carbocycles. The number of halogens is 2. The van der Waals surface area contributed by atoms with Crippen LogP contribution in [0.25, 0.3) is 22.4 Å². The van der Waals surface area contributed by atoms with E-state index in [-0.39, 0.29) is 0 Å². The summed E-state index contributed by atoms with van der Waals surface area (Å²) in [7, 11) is 0. The average molecular weight is 300 g/mol. The second-order valence-corrected chi connectivity index (χ2v) is 5.21. The van der Waals surface area contributed by atoms with E-state index in [9.17, 15) is 0 Å². The van der Waals surface area contributed by atoms with E-state index in [1.807, 2.05) is 66.9 Å². The summed E-state index contributed by atoms with van der Waals surface area (Å²) in [5.41, 5.74) is 3.75. The van der Waals surface area contributed by atoms with Crippen LogP contribution >= 0.6 is 23.2 Å². The Morgan fingerprint density at radius 1 is 0.650 bits per heavy atom. The molecule has 0 saturated heterocycles. The molecular weight excluding hydrogens is 289 g/mol. The zero-order chi connectivity index (χ0) is 13.9. The lowest BCUT2D eigenvalue weighted by Crippen LogP contribution is -1.86. The third-order valence-electron chi connectivity index (χ3n) is 3.10. The third-order valence-corrected chi connectivity index (χ3v) is 3.76. The molecule has 1 nitrogen and oxygen atoms in total. The molecule has 20 heavy (non-hydrogen) atoms. The second-order valence-electron chi connectivity index (χ2n) is 4.39. The Hall–Kier alpha value is -1.83. The van der Waals surface area contributed by atoms with Gasteiger partial charge in [-0.3, -0.25) is 4.98 Å². The minimum atomic E-state index is 0.700. The SMILES string of the molecule is Clc1ccccc1-c1ccc(-c2ccccc2Cl)nc1.